The Kier molecular flexibility index (Phi) is 3.52. The first-order valence-electron chi connectivity index (χ1n) is 6.76. The van der Waals surface area contributed by atoms with Gasteiger partial charge in [0.25, 0.3) is 0 Å². The molecule has 1 aliphatic heterocycles. The highest BCUT2D eigenvalue weighted by Gasteiger charge is 2.20. The second kappa shape index (κ2) is 5.34. The van der Waals surface area contributed by atoms with Gasteiger partial charge in [0, 0.05) is 11.1 Å². The number of halogens is 1. The van der Waals surface area contributed by atoms with Crippen LogP contribution in [-0.2, 0) is 4.79 Å². The Morgan fingerprint density at radius 1 is 1.14 bits per heavy atom. The van der Waals surface area contributed by atoms with E-state index in [0.29, 0.717) is 10.7 Å². The molecule has 0 saturated carbocycles. The van der Waals surface area contributed by atoms with Gasteiger partial charge in [-0.25, -0.2) is 0 Å². The van der Waals surface area contributed by atoms with Gasteiger partial charge in [-0.2, -0.15) is 0 Å². The van der Waals surface area contributed by atoms with Crippen molar-refractivity contribution >= 4 is 28.9 Å². The van der Waals surface area contributed by atoms with Crippen molar-refractivity contribution in [1.82, 2.24) is 0 Å². The van der Waals surface area contributed by atoms with E-state index < -0.39 is 0 Å². The number of carbonyl (C=O) groups excluding carboxylic acids is 1. The molecule has 1 heterocycles. The lowest BCUT2D eigenvalue weighted by Crippen LogP contribution is -2.13. The van der Waals surface area contributed by atoms with E-state index in [1.54, 1.807) is 6.07 Å². The van der Waals surface area contributed by atoms with Crippen molar-refractivity contribution < 1.29 is 4.79 Å². The van der Waals surface area contributed by atoms with E-state index in [9.17, 15) is 4.79 Å². The molecule has 0 spiro atoms. The Morgan fingerprint density at radius 2 is 1.86 bits per heavy atom. The van der Waals surface area contributed by atoms with Gasteiger partial charge in [0.1, 0.15) is 6.54 Å². The molecule has 2 aromatic carbocycles. The van der Waals surface area contributed by atoms with Crippen LogP contribution in [0.1, 0.15) is 22.3 Å². The van der Waals surface area contributed by atoms with Crippen molar-refractivity contribution in [1.29, 1.82) is 0 Å². The first kappa shape index (κ1) is 13.8. The number of benzodiazepines with no additional fused rings is 1. The van der Waals surface area contributed by atoms with Crippen LogP contribution in [0.25, 0.3) is 0 Å². The first-order valence-corrected chi connectivity index (χ1v) is 7.14. The first-order chi connectivity index (χ1) is 10.0. The number of anilines is 1. The van der Waals surface area contributed by atoms with Crippen molar-refractivity contribution in [2.75, 3.05) is 11.9 Å². The monoisotopic (exact) mass is 298 g/mol. The SMILES string of the molecule is Cc1cc(C)cc(C2=NCC(=O)Nc3c(Cl)cccc32)c1. The fraction of sp³-hybridized carbons (Fsp3) is 0.176. The van der Waals surface area contributed by atoms with Crippen LogP contribution in [0.2, 0.25) is 5.02 Å². The van der Waals surface area contributed by atoms with E-state index in [-0.39, 0.29) is 12.5 Å². The highest BCUT2D eigenvalue weighted by Crippen LogP contribution is 2.30. The molecule has 1 amide bonds. The van der Waals surface area contributed by atoms with E-state index in [1.807, 2.05) is 12.1 Å². The number of nitrogens with one attached hydrogen (secondary N) is 1. The molecule has 0 radical (unpaired) electrons. The molecule has 0 aliphatic carbocycles. The van der Waals surface area contributed by atoms with Crippen LogP contribution in [0.4, 0.5) is 5.69 Å². The van der Waals surface area contributed by atoms with Gasteiger partial charge in [0.2, 0.25) is 5.91 Å². The van der Waals surface area contributed by atoms with E-state index in [0.717, 1.165) is 16.8 Å². The van der Waals surface area contributed by atoms with Crippen molar-refractivity contribution in [2.45, 2.75) is 13.8 Å². The van der Waals surface area contributed by atoms with Crippen LogP contribution in [0.3, 0.4) is 0 Å². The van der Waals surface area contributed by atoms with Crippen LogP contribution in [0, 0.1) is 13.8 Å². The lowest BCUT2D eigenvalue weighted by atomic mass is 9.97. The largest absolute Gasteiger partial charge is 0.323 e. The smallest absolute Gasteiger partial charge is 0.246 e. The lowest BCUT2D eigenvalue weighted by molar-refractivity contribution is -0.114. The average molecular weight is 299 g/mol. The predicted octanol–water partition coefficient (Wildman–Crippen LogP) is 3.75. The number of para-hydroxylation sites is 1. The van der Waals surface area contributed by atoms with Gasteiger partial charge in [0.15, 0.2) is 0 Å². The highest BCUT2D eigenvalue weighted by molar-refractivity contribution is 6.35. The molecule has 3 nitrogen and oxygen atoms in total. The van der Waals surface area contributed by atoms with Gasteiger partial charge < -0.3 is 5.32 Å². The third-order valence-corrected chi connectivity index (χ3v) is 3.72. The van der Waals surface area contributed by atoms with E-state index in [2.05, 4.69) is 42.4 Å². The summed E-state index contributed by atoms with van der Waals surface area (Å²) in [5.74, 6) is -0.149. The number of rotatable bonds is 1. The molecule has 0 atom stereocenters. The maximum absolute atomic E-state index is 11.8. The van der Waals surface area contributed by atoms with Crippen LogP contribution >= 0.6 is 11.6 Å². The minimum atomic E-state index is -0.149. The van der Waals surface area contributed by atoms with Crippen molar-refractivity contribution in [3.8, 4) is 0 Å². The van der Waals surface area contributed by atoms with Crippen LogP contribution in [-0.4, -0.2) is 18.2 Å². The van der Waals surface area contributed by atoms with Crippen LogP contribution in [0.5, 0.6) is 0 Å². The maximum atomic E-state index is 11.8. The summed E-state index contributed by atoms with van der Waals surface area (Å²) in [6, 6.07) is 11.8. The third-order valence-electron chi connectivity index (χ3n) is 3.41. The van der Waals surface area contributed by atoms with Gasteiger partial charge >= 0.3 is 0 Å². The second-order valence-electron chi connectivity index (χ2n) is 5.25. The Morgan fingerprint density at radius 3 is 2.57 bits per heavy atom. The number of carbonyl (C=O) groups is 1. The zero-order valence-electron chi connectivity index (χ0n) is 11.9. The number of benzene rings is 2. The van der Waals surface area contributed by atoms with Crippen molar-refractivity contribution in [3.63, 3.8) is 0 Å². The fourth-order valence-electron chi connectivity index (χ4n) is 2.62. The second-order valence-corrected chi connectivity index (χ2v) is 5.66. The van der Waals surface area contributed by atoms with Gasteiger partial charge in [-0.1, -0.05) is 40.9 Å². The lowest BCUT2D eigenvalue weighted by Gasteiger charge is -2.12. The fourth-order valence-corrected chi connectivity index (χ4v) is 2.84. The molecule has 0 fully saturated rings. The van der Waals surface area contributed by atoms with Gasteiger partial charge in [0.05, 0.1) is 16.4 Å². The van der Waals surface area contributed by atoms with E-state index >= 15 is 0 Å². The van der Waals surface area contributed by atoms with Gasteiger partial charge in [-0.15, -0.1) is 0 Å². The number of fused-ring (bicyclic) bond motifs is 1. The summed E-state index contributed by atoms with van der Waals surface area (Å²) in [5.41, 5.74) is 5.64. The van der Waals surface area contributed by atoms with Crippen LogP contribution < -0.4 is 5.32 Å². The Hall–Kier alpha value is -2.13. The zero-order chi connectivity index (χ0) is 15.0. The molecule has 106 valence electrons. The Balaban J connectivity index is 2.23. The van der Waals surface area contributed by atoms with Crippen molar-refractivity contribution in [3.05, 3.63) is 63.7 Å². The summed E-state index contributed by atoms with van der Waals surface area (Å²) in [6.07, 6.45) is 0. The average Bonchev–Trinajstić information content (AvgIpc) is 2.57. The molecule has 0 aromatic heterocycles. The molecular formula is C17H15ClN2O. The zero-order valence-corrected chi connectivity index (χ0v) is 12.7. The number of aliphatic imine (C=N–C) groups is 1. The number of amides is 1. The number of hydrogen-bond acceptors (Lipinski definition) is 2. The predicted molar refractivity (Wildman–Crippen MR) is 86.5 cm³/mol. The molecule has 1 aliphatic rings. The molecule has 2 aromatic rings. The minimum absolute atomic E-state index is 0.104. The van der Waals surface area contributed by atoms with E-state index in [1.165, 1.54) is 11.1 Å². The molecular weight excluding hydrogens is 284 g/mol. The molecule has 21 heavy (non-hydrogen) atoms. The van der Waals surface area contributed by atoms with Gasteiger partial charge in [-0.3, -0.25) is 9.79 Å². The highest BCUT2D eigenvalue weighted by atomic mass is 35.5. The van der Waals surface area contributed by atoms with Gasteiger partial charge in [-0.05, 0) is 32.0 Å². The summed E-state index contributed by atoms with van der Waals surface area (Å²) in [5, 5.41) is 3.36. The molecule has 1 N–H and O–H groups in total. The summed E-state index contributed by atoms with van der Waals surface area (Å²) in [4.78, 5) is 16.3. The summed E-state index contributed by atoms with van der Waals surface area (Å²) >= 11 is 6.23. The quantitative estimate of drug-likeness (QED) is 0.856. The van der Waals surface area contributed by atoms with Crippen molar-refractivity contribution in [2.24, 2.45) is 4.99 Å². The Labute approximate surface area is 128 Å². The number of hydrogen-bond donors (Lipinski definition) is 1. The molecule has 0 bridgehead atoms. The topological polar surface area (TPSA) is 41.5 Å². The standard InChI is InChI=1S/C17H15ClN2O/c1-10-6-11(2)8-12(7-10)16-13-4-3-5-14(18)17(13)20-15(21)9-19-16/h3-8H,9H2,1-2H3,(H,20,21). The summed E-state index contributed by atoms with van der Waals surface area (Å²) in [7, 11) is 0. The minimum Gasteiger partial charge on any atom is -0.323 e. The molecule has 0 saturated heterocycles. The maximum Gasteiger partial charge on any atom is 0.246 e. The third kappa shape index (κ3) is 2.69. The summed E-state index contributed by atoms with van der Waals surface area (Å²) in [6.45, 7) is 4.21. The molecule has 0 unspecified atom stereocenters. The summed E-state index contributed by atoms with van der Waals surface area (Å²) < 4.78 is 0. The molecule has 3 rings (SSSR count). The number of nitrogens with zero attached hydrogens (tertiary/aromatic N) is 1. The van der Waals surface area contributed by atoms with E-state index in [4.69, 9.17) is 11.6 Å². The molecule has 4 heteroatoms. The van der Waals surface area contributed by atoms with Crippen LogP contribution in [0.15, 0.2) is 41.4 Å². The Bertz CT molecular complexity index is 745. The number of aryl methyl sites for hydroxylation is 2. The normalized spacial score (nSPS) is 14.0.